The summed E-state index contributed by atoms with van der Waals surface area (Å²) in [7, 11) is 0. The lowest BCUT2D eigenvalue weighted by Crippen LogP contribution is -2.42. The highest BCUT2D eigenvalue weighted by molar-refractivity contribution is 7.98. The van der Waals surface area contributed by atoms with Crippen LogP contribution in [0.15, 0.2) is 0 Å². The summed E-state index contributed by atoms with van der Waals surface area (Å²) in [6.45, 7) is 5.96. The fraction of sp³-hybridized carbons (Fsp3) is 1.00. The van der Waals surface area contributed by atoms with Gasteiger partial charge >= 0.3 is 0 Å². The standard InChI is InChI=1S/C12H26N2S/c1-11(13)12-6-5-8-14(10-12)7-3-4-9-15-2/h11-12H,3-10,13H2,1-2H3. The van der Waals surface area contributed by atoms with Crippen LogP contribution in [0.1, 0.15) is 32.6 Å². The largest absolute Gasteiger partial charge is 0.328 e. The maximum absolute atomic E-state index is 5.98. The van der Waals surface area contributed by atoms with Crippen LogP contribution in [-0.4, -0.2) is 42.6 Å². The molecule has 2 atom stereocenters. The first-order valence-corrected chi connectivity index (χ1v) is 7.60. The molecular weight excluding hydrogens is 204 g/mol. The van der Waals surface area contributed by atoms with Crippen molar-refractivity contribution in [2.75, 3.05) is 31.6 Å². The van der Waals surface area contributed by atoms with E-state index >= 15 is 0 Å². The van der Waals surface area contributed by atoms with Gasteiger partial charge < -0.3 is 10.6 Å². The Morgan fingerprint density at radius 2 is 2.27 bits per heavy atom. The number of piperidine rings is 1. The average molecular weight is 230 g/mol. The van der Waals surface area contributed by atoms with Crippen LogP contribution in [0.2, 0.25) is 0 Å². The molecule has 1 aliphatic rings. The summed E-state index contributed by atoms with van der Waals surface area (Å²) in [5.41, 5.74) is 5.98. The summed E-state index contributed by atoms with van der Waals surface area (Å²) in [5.74, 6) is 2.05. The van der Waals surface area contributed by atoms with Crippen LogP contribution >= 0.6 is 11.8 Å². The van der Waals surface area contributed by atoms with Crippen LogP contribution < -0.4 is 5.73 Å². The number of hydrogen-bond donors (Lipinski definition) is 1. The number of rotatable bonds is 6. The van der Waals surface area contributed by atoms with Gasteiger partial charge in [0, 0.05) is 12.6 Å². The highest BCUT2D eigenvalue weighted by Crippen LogP contribution is 2.19. The number of nitrogens with zero attached hydrogens (tertiary/aromatic N) is 1. The smallest absolute Gasteiger partial charge is 0.00509 e. The van der Waals surface area contributed by atoms with Crippen molar-refractivity contribution in [1.82, 2.24) is 4.90 Å². The van der Waals surface area contributed by atoms with E-state index in [1.54, 1.807) is 0 Å². The fourth-order valence-electron chi connectivity index (χ4n) is 2.31. The number of thioether (sulfide) groups is 1. The number of hydrogen-bond acceptors (Lipinski definition) is 3. The number of unbranched alkanes of at least 4 members (excludes halogenated alkanes) is 1. The summed E-state index contributed by atoms with van der Waals surface area (Å²) >= 11 is 1.96. The molecule has 0 aliphatic carbocycles. The van der Waals surface area contributed by atoms with Crippen molar-refractivity contribution in [3.8, 4) is 0 Å². The van der Waals surface area contributed by atoms with Gasteiger partial charge in [0.1, 0.15) is 0 Å². The van der Waals surface area contributed by atoms with Crippen LogP contribution in [0, 0.1) is 5.92 Å². The molecule has 0 amide bonds. The third-order valence-electron chi connectivity index (χ3n) is 3.36. The Kier molecular flexibility index (Phi) is 6.69. The minimum Gasteiger partial charge on any atom is -0.328 e. The molecule has 1 saturated heterocycles. The van der Waals surface area contributed by atoms with E-state index < -0.39 is 0 Å². The van der Waals surface area contributed by atoms with Crippen molar-refractivity contribution in [2.24, 2.45) is 11.7 Å². The predicted molar refractivity (Wildman–Crippen MR) is 70.4 cm³/mol. The van der Waals surface area contributed by atoms with E-state index in [0.29, 0.717) is 6.04 Å². The highest BCUT2D eigenvalue weighted by Gasteiger charge is 2.21. The van der Waals surface area contributed by atoms with E-state index in [1.165, 1.54) is 51.1 Å². The molecule has 0 bridgehead atoms. The molecule has 1 rings (SSSR count). The van der Waals surface area contributed by atoms with E-state index in [1.807, 2.05) is 11.8 Å². The van der Waals surface area contributed by atoms with Crippen molar-refractivity contribution in [3.63, 3.8) is 0 Å². The second kappa shape index (κ2) is 7.53. The van der Waals surface area contributed by atoms with Gasteiger partial charge in [-0.05, 0) is 63.6 Å². The molecule has 1 heterocycles. The highest BCUT2D eigenvalue weighted by atomic mass is 32.2. The van der Waals surface area contributed by atoms with Crippen molar-refractivity contribution < 1.29 is 0 Å². The maximum Gasteiger partial charge on any atom is 0.00509 e. The molecule has 2 nitrogen and oxygen atoms in total. The quantitative estimate of drug-likeness (QED) is 0.709. The Balaban J connectivity index is 2.13. The minimum atomic E-state index is 0.374. The zero-order valence-corrected chi connectivity index (χ0v) is 11.1. The average Bonchev–Trinajstić information content (AvgIpc) is 2.25. The van der Waals surface area contributed by atoms with Crippen molar-refractivity contribution in [1.29, 1.82) is 0 Å². The van der Waals surface area contributed by atoms with Crippen LogP contribution in [0.4, 0.5) is 0 Å². The van der Waals surface area contributed by atoms with Gasteiger partial charge in [0.2, 0.25) is 0 Å². The SMILES string of the molecule is CSCCCCN1CCCC(C(C)N)C1. The predicted octanol–water partition coefficient (Wildman–Crippen LogP) is 2.19. The van der Waals surface area contributed by atoms with Crippen molar-refractivity contribution in [3.05, 3.63) is 0 Å². The van der Waals surface area contributed by atoms with Gasteiger partial charge in [-0.2, -0.15) is 11.8 Å². The lowest BCUT2D eigenvalue weighted by Gasteiger charge is -2.34. The van der Waals surface area contributed by atoms with Gasteiger partial charge in [-0.3, -0.25) is 0 Å². The molecule has 90 valence electrons. The Morgan fingerprint density at radius 1 is 1.47 bits per heavy atom. The van der Waals surface area contributed by atoms with Gasteiger partial charge in [0.25, 0.3) is 0 Å². The minimum absolute atomic E-state index is 0.374. The van der Waals surface area contributed by atoms with Crippen LogP contribution in [0.3, 0.4) is 0 Å². The van der Waals surface area contributed by atoms with Gasteiger partial charge in [-0.25, -0.2) is 0 Å². The van der Waals surface area contributed by atoms with E-state index in [4.69, 9.17) is 5.73 Å². The van der Waals surface area contributed by atoms with Gasteiger partial charge in [-0.15, -0.1) is 0 Å². The fourth-order valence-corrected chi connectivity index (χ4v) is 2.80. The number of nitrogens with two attached hydrogens (primary N) is 1. The van der Waals surface area contributed by atoms with Crippen LogP contribution in [-0.2, 0) is 0 Å². The summed E-state index contributed by atoms with van der Waals surface area (Å²) in [4.78, 5) is 2.61. The van der Waals surface area contributed by atoms with E-state index in [2.05, 4.69) is 18.1 Å². The Labute approximate surface area is 99.0 Å². The van der Waals surface area contributed by atoms with Crippen molar-refractivity contribution >= 4 is 11.8 Å². The molecule has 0 aromatic heterocycles. The normalized spacial score (nSPS) is 25.4. The molecule has 0 aromatic carbocycles. The zero-order chi connectivity index (χ0) is 11.1. The monoisotopic (exact) mass is 230 g/mol. The van der Waals surface area contributed by atoms with Crippen LogP contribution in [0.5, 0.6) is 0 Å². The molecule has 3 heteroatoms. The van der Waals surface area contributed by atoms with Gasteiger partial charge in [0.15, 0.2) is 0 Å². The van der Waals surface area contributed by atoms with Crippen LogP contribution in [0.25, 0.3) is 0 Å². The first-order chi connectivity index (χ1) is 7.24. The molecule has 0 saturated carbocycles. The molecular formula is C12H26N2S. The molecule has 0 radical (unpaired) electrons. The third-order valence-corrected chi connectivity index (χ3v) is 4.06. The topological polar surface area (TPSA) is 29.3 Å². The molecule has 0 spiro atoms. The summed E-state index contributed by atoms with van der Waals surface area (Å²) < 4.78 is 0. The first kappa shape index (κ1) is 13.3. The molecule has 1 aliphatic heterocycles. The lowest BCUT2D eigenvalue weighted by molar-refractivity contribution is 0.159. The van der Waals surface area contributed by atoms with E-state index in [9.17, 15) is 0 Å². The number of likely N-dealkylation sites (tertiary alicyclic amines) is 1. The van der Waals surface area contributed by atoms with Gasteiger partial charge in [-0.1, -0.05) is 0 Å². The van der Waals surface area contributed by atoms with Crippen molar-refractivity contribution in [2.45, 2.75) is 38.6 Å². The molecule has 2 N–H and O–H groups in total. The summed E-state index contributed by atoms with van der Waals surface area (Å²) in [5, 5.41) is 0. The zero-order valence-electron chi connectivity index (χ0n) is 10.2. The first-order valence-electron chi connectivity index (χ1n) is 6.21. The van der Waals surface area contributed by atoms with Gasteiger partial charge in [0.05, 0.1) is 0 Å². The van der Waals surface area contributed by atoms with E-state index in [-0.39, 0.29) is 0 Å². The molecule has 2 unspecified atom stereocenters. The summed E-state index contributed by atoms with van der Waals surface area (Å²) in [6, 6.07) is 0.374. The Bertz CT molecular complexity index is 162. The summed E-state index contributed by atoms with van der Waals surface area (Å²) in [6.07, 6.45) is 7.58. The molecule has 0 aromatic rings. The second-order valence-corrected chi connectivity index (χ2v) is 5.75. The molecule has 15 heavy (non-hydrogen) atoms. The third kappa shape index (κ3) is 5.23. The second-order valence-electron chi connectivity index (χ2n) is 4.76. The maximum atomic E-state index is 5.98. The lowest BCUT2D eigenvalue weighted by atomic mass is 9.92. The van der Waals surface area contributed by atoms with E-state index in [0.717, 1.165) is 5.92 Å². The Morgan fingerprint density at radius 3 is 2.93 bits per heavy atom. The Hall–Kier alpha value is 0.270. The molecule has 1 fully saturated rings.